The molecule has 14 heavy (non-hydrogen) atoms. The third-order valence-electron chi connectivity index (χ3n) is 2.37. The Kier molecular flexibility index (Phi) is 10.0. The molecule has 0 aromatic heterocycles. The lowest BCUT2D eigenvalue weighted by atomic mass is 10.1. The number of ketones is 1. The Labute approximate surface area is 88.6 Å². The van der Waals surface area contributed by atoms with Crippen molar-refractivity contribution in [2.75, 3.05) is 0 Å². The van der Waals surface area contributed by atoms with E-state index < -0.39 is 0 Å². The van der Waals surface area contributed by atoms with Gasteiger partial charge in [0.25, 0.3) is 0 Å². The van der Waals surface area contributed by atoms with Gasteiger partial charge in [0, 0.05) is 12.8 Å². The van der Waals surface area contributed by atoms with Crippen LogP contribution in [0.2, 0.25) is 0 Å². The van der Waals surface area contributed by atoms with Crippen LogP contribution in [0.5, 0.6) is 0 Å². The molecule has 0 aliphatic carbocycles. The lowest BCUT2D eigenvalue weighted by molar-refractivity contribution is -0.119. The molecular weight excluding hydrogens is 172 g/mol. The number of allylic oxidation sites excluding steroid dienone is 2. The second-order valence-electron chi connectivity index (χ2n) is 3.81. The van der Waals surface area contributed by atoms with Crippen molar-refractivity contribution in [3.05, 3.63) is 12.2 Å². The van der Waals surface area contributed by atoms with E-state index in [1.807, 2.05) is 6.92 Å². The van der Waals surface area contributed by atoms with E-state index in [0.29, 0.717) is 5.78 Å². The van der Waals surface area contributed by atoms with Gasteiger partial charge in [0.15, 0.2) is 0 Å². The number of carbonyl (C=O) groups is 1. The van der Waals surface area contributed by atoms with Gasteiger partial charge in [-0.1, -0.05) is 31.9 Å². The van der Waals surface area contributed by atoms with E-state index in [0.717, 1.165) is 38.5 Å². The molecular formula is C13H24O. The van der Waals surface area contributed by atoms with Crippen LogP contribution in [0.25, 0.3) is 0 Å². The molecule has 0 heterocycles. The van der Waals surface area contributed by atoms with E-state index in [9.17, 15) is 4.79 Å². The summed E-state index contributed by atoms with van der Waals surface area (Å²) in [6.07, 6.45) is 12.7. The van der Waals surface area contributed by atoms with Gasteiger partial charge in [0.2, 0.25) is 0 Å². The SMILES string of the molecule is CC=CCCCCC(=O)CCCCC. The highest BCUT2D eigenvalue weighted by atomic mass is 16.1. The monoisotopic (exact) mass is 196 g/mol. The van der Waals surface area contributed by atoms with Gasteiger partial charge < -0.3 is 0 Å². The molecule has 82 valence electrons. The summed E-state index contributed by atoms with van der Waals surface area (Å²) in [7, 11) is 0. The molecule has 0 saturated heterocycles. The molecule has 0 N–H and O–H groups in total. The van der Waals surface area contributed by atoms with Crippen LogP contribution in [-0.2, 0) is 4.79 Å². The molecule has 0 saturated carbocycles. The van der Waals surface area contributed by atoms with Gasteiger partial charge in [0.05, 0.1) is 0 Å². The van der Waals surface area contributed by atoms with E-state index in [2.05, 4.69) is 19.1 Å². The van der Waals surface area contributed by atoms with Crippen LogP contribution in [0.4, 0.5) is 0 Å². The van der Waals surface area contributed by atoms with Crippen molar-refractivity contribution in [3.8, 4) is 0 Å². The Morgan fingerprint density at radius 2 is 1.71 bits per heavy atom. The van der Waals surface area contributed by atoms with Crippen LogP contribution in [0, 0.1) is 0 Å². The van der Waals surface area contributed by atoms with Crippen LogP contribution < -0.4 is 0 Å². The van der Waals surface area contributed by atoms with Crippen LogP contribution in [0.1, 0.15) is 65.2 Å². The van der Waals surface area contributed by atoms with Crippen LogP contribution >= 0.6 is 0 Å². The minimum atomic E-state index is 0.457. The molecule has 0 rings (SSSR count). The highest BCUT2D eigenvalue weighted by Gasteiger charge is 2.00. The van der Waals surface area contributed by atoms with Crippen LogP contribution in [-0.4, -0.2) is 5.78 Å². The second-order valence-corrected chi connectivity index (χ2v) is 3.81. The van der Waals surface area contributed by atoms with E-state index >= 15 is 0 Å². The van der Waals surface area contributed by atoms with Crippen molar-refractivity contribution in [1.29, 1.82) is 0 Å². The summed E-state index contributed by atoms with van der Waals surface area (Å²) in [5.41, 5.74) is 0. The molecule has 0 aliphatic rings. The quantitative estimate of drug-likeness (QED) is 0.397. The highest BCUT2D eigenvalue weighted by Crippen LogP contribution is 2.06. The first-order chi connectivity index (χ1) is 6.81. The number of rotatable bonds is 9. The van der Waals surface area contributed by atoms with E-state index in [4.69, 9.17) is 0 Å². The summed E-state index contributed by atoms with van der Waals surface area (Å²) in [6.45, 7) is 4.21. The maximum Gasteiger partial charge on any atom is 0.132 e. The Balaban J connectivity index is 3.18. The number of hydrogen-bond acceptors (Lipinski definition) is 1. The van der Waals surface area contributed by atoms with Crippen molar-refractivity contribution >= 4 is 5.78 Å². The lowest BCUT2D eigenvalue weighted by Crippen LogP contribution is -1.97. The molecule has 0 radical (unpaired) electrons. The fraction of sp³-hybridized carbons (Fsp3) is 0.769. The van der Waals surface area contributed by atoms with Crippen molar-refractivity contribution < 1.29 is 4.79 Å². The van der Waals surface area contributed by atoms with Crippen molar-refractivity contribution in [2.45, 2.75) is 65.2 Å². The Hall–Kier alpha value is -0.590. The number of hydrogen-bond donors (Lipinski definition) is 0. The lowest BCUT2D eigenvalue weighted by Gasteiger charge is -1.99. The summed E-state index contributed by atoms with van der Waals surface area (Å²) < 4.78 is 0. The molecule has 0 aromatic rings. The maximum absolute atomic E-state index is 11.3. The van der Waals surface area contributed by atoms with Crippen molar-refractivity contribution in [3.63, 3.8) is 0 Å². The zero-order chi connectivity index (χ0) is 10.6. The molecule has 0 aliphatic heterocycles. The number of unbranched alkanes of at least 4 members (excludes halogenated alkanes) is 4. The van der Waals surface area contributed by atoms with Gasteiger partial charge in [-0.15, -0.1) is 0 Å². The molecule has 0 bridgehead atoms. The third-order valence-corrected chi connectivity index (χ3v) is 2.37. The van der Waals surface area contributed by atoms with Crippen molar-refractivity contribution in [2.24, 2.45) is 0 Å². The maximum atomic E-state index is 11.3. The largest absolute Gasteiger partial charge is 0.300 e. The summed E-state index contributed by atoms with van der Waals surface area (Å²) in [6, 6.07) is 0. The third kappa shape index (κ3) is 9.50. The van der Waals surface area contributed by atoms with Gasteiger partial charge in [-0.3, -0.25) is 4.79 Å². The predicted molar refractivity (Wildman–Crippen MR) is 62.4 cm³/mol. The van der Waals surface area contributed by atoms with Gasteiger partial charge in [0.1, 0.15) is 5.78 Å². The molecule has 0 amide bonds. The molecule has 1 nitrogen and oxygen atoms in total. The van der Waals surface area contributed by atoms with E-state index in [1.54, 1.807) is 0 Å². The summed E-state index contributed by atoms with van der Waals surface area (Å²) >= 11 is 0. The van der Waals surface area contributed by atoms with Crippen LogP contribution in [0.15, 0.2) is 12.2 Å². The fourth-order valence-electron chi connectivity index (χ4n) is 1.45. The predicted octanol–water partition coefficient (Wildman–Crippen LogP) is 4.27. The van der Waals surface area contributed by atoms with Gasteiger partial charge in [-0.25, -0.2) is 0 Å². The van der Waals surface area contributed by atoms with Gasteiger partial charge in [-0.2, -0.15) is 0 Å². The van der Waals surface area contributed by atoms with Gasteiger partial charge >= 0.3 is 0 Å². The van der Waals surface area contributed by atoms with Crippen LogP contribution in [0.3, 0.4) is 0 Å². The van der Waals surface area contributed by atoms with E-state index in [-0.39, 0.29) is 0 Å². The molecule has 0 unspecified atom stereocenters. The highest BCUT2D eigenvalue weighted by molar-refractivity contribution is 5.78. The Bertz CT molecular complexity index is 159. The average molecular weight is 196 g/mol. The Morgan fingerprint density at radius 1 is 1.07 bits per heavy atom. The van der Waals surface area contributed by atoms with E-state index in [1.165, 1.54) is 12.8 Å². The normalized spacial score (nSPS) is 11.0. The second kappa shape index (κ2) is 10.5. The summed E-state index contributed by atoms with van der Waals surface area (Å²) in [5, 5.41) is 0. The smallest absolute Gasteiger partial charge is 0.132 e. The number of carbonyl (C=O) groups excluding carboxylic acids is 1. The minimum Gasteiger partial charge on any atom is -0.300 e. The first kappa shape index (κ1) is 13.4. The zero-order valence-electron chi connectivity index (χ0n) is 9.72. The summed E-state index contributed by atoms with van der Waals surface area (Å²) in [4.78, 5) is 11.3. The zero-order valence-corrected chi connectivity index (χ0v) is 9.72. The molecule has 0 spiro atoms. The molecule has 0 fully saturated rings. The standard InChI is InChI=1S/C13H24O/c1-3-5-7-8-10-12-13(14)11-9-6-4-2/h3,5H,4,6-12H2,1-2H3. The van der Waals surface area contributed by atoms with Crippen molar-refractivity contribution in [1.82, 2.24) is 0 Å². The first-order valence-corrected chi connectivity index (χ1v) is 5.94. The first-order valence-electron chi connectivity index (χ1n) is 5.94. The summed E-state index contributed by atoms with van der Waals surface area (Å²) in [5.74, 6) is 0.457. The average Bonchev–Trinajstić information content (AvgIpc) is 2.18. The Morgan fingerprint density at radius 3 is 2.29 bits per heavy atom. The molecule has 0 aromatic carbocycles. The molecule has 0 atom stereocenters. The minimum absolute atomic E-state index is 0.457. The fourth-order valence-corrected chi connectivity index (χ4v) is 1.45. The van der Waals surface area contributed by atoms with Gasteiger partial charge in [-0.05, 0) is 32.6 Å². The topological polar surface area (TPSA) is 17.1 Å². The molecule has 1 heteroatoms. The number of Topliss-reactive ketones (excluding diaryl/α,β-unsaturated/α-hetero) is 1.